The Morgan fingerprint density at radius 2 is 1.67 bits per heavy atom. The number of carbonyl (C=O) groups excluding carboxylic acids is 1. The SMILES string of the molecule is Cc1c(C(=O)Nc2cnc3ccccc3c2)cn2ncc(C#N)c(Nc3ccc(Oc4ccccc4)cc3)c12. The van der Waals surface area contributed by atoms with Gasteiger partial charge in [-0.3, -0.25) is 9.78 Å². The summed E-state index contributed by atoms with van der Waals surface area (Å²) in [5.41, 5.74) is 4.90. The van der Waals surface area contributed by atoms with Crippen LogP contribution in [0.4, 0.5) is 17.1 Å². The quantitative estimate of drug-likeness (QED) is 0.254. The Morgan fingerprint density at radius 1 is 0.923 bits per heavy atom. The number of aromatic nitrogens is 3. The maximum Gasteiger partial charge on any atom is 0.257 e. The molecule has 0 unspecified atom stereocenters. The number of nitriles is 1. The molecule has 0 saturated heterocycles. The summed E-state index contributed by atoms with van der Waals surface area (Å²) in [5.74, 6) is 1.14. The number of amides is 1. The number of hydrogen-bond donors (Lipinski definition) is 2. The van der Waals surface area contributed by atoms with E-state index in [0.29, 0.717) is 39.3 Å². The highest BCUT2D eigenvalue weighted by atomic mass is 16.5. The van der Waals surface area contributed by atoms with Gasteiger partial charge in [0.1, 0.15) is 17.6 Å². The molecule has 8 nitrogen and oxygen atoms in total. The summed E-state index contributed by atoms with van der Waals surface area (Å²) < 4.78 is 7.49. The second-order valence-electron chi connectivity index (χ2n) is 8.94. The lowest BCUT2D eigenvalue weighted by molar-refractivity contribution is 0.102. The molecule has 6 aromatic rings. The van der Waals surface area contributed by atoms with Crippen molar-refractivity contribution in [3.63, 3.8) is 0 Å². The standard InChI is InChI=1S/C31H22N6O2/c1-20-27(31(38)36-24-15-21-7-5-6-10-28(21)33-18-24)19-37-30(20)29(22(16-32)17-34-37)35-23-11-13-26(14-12-23)39-25-8-3-2-4-9-25/h2-15,17-19,35H,1H3,(H,36,38). The molecule has 3 aromatic heterocycles. The van der Waals surface area contributed by atoms with Crippen molar-refractivity contribution in [3.8, 4) is 17.6 Å². The Hall–Kier alpha value is -5.68. The minimum Gasteiger partial charge on any atom is -0.457 e. The topological polar surface area (TPSA) is 104 Å². The zero-order valence-electron chi connectivity index (χ0n) is 20.9. The van der Waals surface area contributed by atoms with Crippen molar-refractivity contribution >= 4 is 39.4 Å². The number of fused-ring (bicyclic) bond motifs is 2. The number of carbonyl (C=O) groups is 1. The summed E-state index contributed by atoms with van der Waals surface area (Å²) in [4.78, 5) is 17.7. The number of aryl methyl sites for hydroxylation is 1. The molecule has 0 radical (unpaired) electrons. The van der Waals surface area contributed by atoms with Crippen LogP contribution in [0.1, 0.15) is 21.5 Å². The molecule has 2 N–H and O–H groups in total. The van der Waals surface area contributed by atoms with E-state index >= 15 is 0 Å². The normalized spacial score (nSPS) is 10.8. The Bertz CT molecular complexity index is 1870. The lowest BCUT2D eigenvalue weighted by Crippen LogP contribution is -2.12. The molecule has 6 rings (SSSR count). The summed E-state index contributed by atoms with van der Waals surface area (Å²) in [6, 6.07) is 28.8. The molecule has 0 saturated carbocycles. The summed E-state index contributed by atoms with van der Waals surface area (Å²) in [5, 5.41) is 21.4. The zero-order valence-corrected chi connectivity index (χ0v) is 20.9. The predicted molar refractivity (Wildman–Crippen MR) is 151 cm³/mol. The van der Waals surface area contributed by atoms with Gasteiger partial charge in [-0.05, 0) is 61.0 Å². The van der Waals surface area contributed by atoms with E-state index in [2.05, 4.69) is 26.8 Å². The van der Waals surface area contributed by atoms with Crippen LogP contribution in [-0.2, 0) is 0 Å². The largest absolute Gasteiger partial charge is 0.457 e. The average molecular weight is 511 g/mol. The van der Waals surface area contributed by atoms with Crippen LogP contribution in [0.2, 0.25) is 0 Å². The van der Waals surface area contributed by atoms with Gasteiger partial charge in [0.25, 0.3) is 5.91 Å². The van der Waals surface area contributed by atoms with Crippen molar-refractivity contribution in [2.24, 2.45) is 0 Å². The van der Waals surface area contributed by atoms with E-state index in [0.717, 1.165) is 22.3 Å². The van der Waals surface area contributed by atoms with Crippen LogP contribution in [0, 0.1) is 18.3 Å². The van der Waals surface area contributed by atoms with Gasteiger partial charge >= 0.3 is 0 Å². The highest BCUT2D eigenvalue weighted by molar-refractivity contribution is 6.08. The number of benzene rings is 3. The van der Waals surface area contributed by atoms with Crippen LogP contribution in [-0.4, -0.2) is 20.5 Å². The number of ether oxygens (including phenoxy) is 1. The number of anilines is 3. The highest BCUT2D eigenvalue weighted by Crippen LogP contribution is 2.32. The minimum atomic E-state index is -0.290. The molecule has 0 aliphatic heterocycles. The highest BCUT2D eigenvalue weighted by Gasteiger charge is 2.20. The average Bonchev–Trinajstić information content (AvgIpc) is 3.31. The molecule has 3 heterocycles. The fraction of sp³-hybridized carbons (Fsp3) is 0.0323. The van der Waals surface area contributed by atoms with Gasteiger partial charge in [-0.2, -0.15) is 10.4 Å². The zero-order chi connectivity index (χ0) is 26.8. The third kappa shape index (κ3) is 4.72. The molecular formula is C31H22N6O2. The van der Waals surface area contributed by atoms with Crippen LogP contribution in [0.15, 0.2) is 104 Å². The number of nitrogens with one attached hydrogen (secondary N) is 2. The summed E-state index contributed by atoms with van der Waals surface area (Å²) >= 11 is 0. The fourth-order valence-corrected chi connectivity index (χ4v) is 4.44. The van der Waals surface area contributed by atoms with E-state index in [1.54, 1.807) is 16.9 Å². The molecular weight excluding hydrogens is 488 g/mol. The first-order valence-electron chi connectivity index (χ1n) is 12.3. The minimum absolute atomic E-state index is 0.290. The van der Waals surface area contributed by atoms with E-state index in [1.807, 2.05) is 91.9 Å². The van der Waals surface area contributed by atoms with Crippen molar-refractivity contribution in [1.82, 2.24) is 14.6 Å². The van der Waals surface area contributed by atoms with Gasteiger partial charge in [-0.15, -0.1) is 0 Å². The van der Waals surface area contributed by atoms with E-state index in [9.17, 15) is 10.1 Å². The van der Waals surface area contributed by atoms with Gasteiger partial charge in [0, 0.05) is 17.3 Å². The molecule has 39 heavy (non-hydrogen) atoms. The molecule has 0 spiro atoms. The van der Waals surface area contributed by atoms with Crippen LogP contribution in [0.25, 0.3) is 16.4 Å². The molecule has 8 heteroatoms. The number of pyridine rings is 1. The number of hydrogen-bond acceptors (Lipinski definition) is 6. The van der Waals surface area contributed by atoms with Crippen LogP contribution >= 0.6 is 0 Å². The Balaban J connectivity index is 1.29. The smallest absolute Gasteiger partial charge is 0.257 e. The number of nitrogens with zero attached hydrogens (tertiary/aromatic N) is 4. The Kier molecular flexibility index (Phi) is 6.07. The first-order valence-corrected chi connectivity index (χ1v) is 12.3. The molecule has 1 amide bonds. The second kappa shape index (κ2) is 10.00. The molecule has 0 bridgehead atoms. The van der Waals surface area contributed by atoms with Crippen LogP contribution in [0.3, 0.4) is 0 Å². The number of para-hydroxylation sites is 2. The first kappa shape index (κ1) is 23.7. The molecule has 188 valence electrons. The third-order valence-corrected chi connectivity index (χ3v) is 6.37. The maximum atomic E-state index is 13.3. The van der Waals surface area contributed by atoms with Gasteiger partial charge in [-0.1, -0.05) is 36.4 Å². The lowest BCUT2D eigenvalue weighted by atomic mass is 10.1. The predicted octanol–water partition coefficient (Wildman–Crippen LogP) is 6.85. The van der Waals surface area contributed by atoms with E-state index in [1.165, 1.54) is 6.20 Å². The van der Waals surface area contributed by atoms with E-state index in [-0.39, 0.29) is 5.91 Å². The number of rotatable bonds is 6. The fourth-order valence-electron chi connectivity index (χ4n) is 4.44. The van der Waals surface area contributed by atoms with Crippen molar-refractivity contribution in [1.29, 1.82) is 5.26 Å². The maximum absolute atomic E-state index is 13.3. The van der Waals surface area contributed by atoms with Crippen LogP contribution < -0.4 is 15.4 Å². The molecule has 0 fully saturated rings. The molecule has 3 aromatic carbocycles. The van der Waals surface area contributed by atoms with Crippen LogP contribution in [0.5, 0.6) is 11.5 Å². The van der Waals surface area contributed by atoms with Gasteiger partial charge in [0.2, 0.25) is 0 Å². The van der Waals surface area contributed by atoms with E-state index in [4.69, 9.17) is 4.74 Å². The molecule has 0 aliphatic rings. The van der Waals surface area contributed by atoms with Crippen molar-refractivity contribution in [2.45, 2.75) is 6.92 Å². The van der Waals surface area contributed by atoms with Crippen molar-refractivity contribution in [2.75, 3.05) is 10.6 Å². The third-order valence-electron chi connectivity index (χ3n) is 6.37. The summed E-state index contributed by atoms with van der Waals surface area (Å²) in [6.45, 7) is 1.84. The van der Waals surface area contributed by atoms with Crippen molar-refractivity contribution in [3.05, 3.63) is 120 Å². The molecule has 0 aliphatic carbocycles. The Morgan fingerprint density at radius 3 is 2.46 bits per heavy atom. The van der Waals surface area contributed by atoms with Gasteiger partial charge in [0.05, 0.1) is 45.9 Å². The van der Waals surface area contributed by atoms with Gasteiger partial charge in [-0.25, -0.2) is 4.52 Å². The van der Waals surface area contributed by atoms with Gasteiger partial charge < -0.3 is 15.4 Å². The monoisotopic (exact) mass is 510 g/mol. The second-order valence-corrected chi connectivity index (χ2v) is 8.94. The molecule has 0 atom stereocenters. The van der Waals surface area contributed by atoms with E-state index < -0.39 is 0 Å². The first-order chi connectivity index (χ1) is 19.1. The Labute approximate surface area is 224 Å². The van der Waals surface area contributed by atoms with Crippen molar-refractivity contribution < 1.29 is 9.53 Å². The summed E-state index contributed by atoms with van der Waals surface area (Å²) in [6.07, 6.45) is 4.78. The van der Waals surface area contributed by atoms with Gasteiger partial charge in [0.15, 0.2) is 0 Å². The lowest BCUT2D eigenvalue weighted by Gasteiger charge is -2.12. The summed E-state index contributed by atoms with van der Waals surface area (Å²) in [7, 11) is 0.